The zero-order valence-corrected chi connectivity index (χ0v) is 22.5. The van der Waals surface area contributed by atoms with Crippen LogP contribution in [0, 0.1) is 6.07 Å². The van der Waals surface area contributed by atoms with E-state index in [0.29, 0.717) is 23.0 Å². The molecule has 4 rings (SSSR count). The number of aliphatic hydroxyl groups excluding tert-OH is 2. The van der Waals surface area contributed by atoms with Crippen LogP contribution in [0.2, 0.25) is 0 Å². The molecule has 4 aromatic rings. The molecule has 1 aromatic heterocycles. The Morgan fingerprint density at radius 3 is 1.58 bits per heavy atom. The quantitative estimate of drug-likeness (QED) is 0.178. The number of benzene rings is 3. The summed E-state index contributed by atoms with van der Waals surface area (Å²) in [6, 6.07) is 16.7. The summed E-state index contributed by atoms with van der Waals surface area (Å²) in [5.41, 5.74) is 0.388. The summed E-state index contributed by atoms with van der Waals surface area (Å²) in [7, 11) is 0. The second-order valence-corrected chi connectivity index (χ2v) is 8.41. The minimum atomic E-state index is -4.51. The van der Waals surface area contributed by atoms with Crippen molar-refractivity contribution in [2.45, 2.75) is 44.8 Å². The fourth-order valence-corrected chi connectivity index (χ4v) is 3.45. The third-order valence-corrected chi connectivity index (χ3v) is 5.13. The van der Waals surface area contributed by atoms with E-state index in [2.05, 4.69) is 16.0 Å². The van der Waals surface area contributed by atoms with Crippen molar-refractivity contribution in [3.8, 4) is 22.5 Å². The van der Waals surface area contributed by atoms with E-state index in [9.17, 15) is 26.3 Å². The standard InChI is InChI=1S/C22H11F6N2.C5H12O2.Ir/c23-21(24,25)15-9-5-13(6-10-15)19-20(30-18-4-2-1-3-17(18)29-19)14-7-11-16(12-8-14)22(26,27)28;1-4(6)3-5(2)7;/h1-7,9-12H;4-7H,3H2,1-2H3;/q-1;;. The number of hydrogen-bond acceptors (Lipinski definition) is 4. The molecule has 0 aliphatic heterocycles. The summed E-state index contributed by atoms with van der Waals surface area (Å²) in [5, 5.41) is 17.1. The molecule has 1 radical (unpaired) electrons. The molecule has 0 aliphatic carbocycles. The second-order valence-electron chi connectivity index (χ2n) is 8.41. The van der Waals surface area contributed by atoms with Crippen LogP contribution in [0.4, 0.5) is 26.3 Å². The molecule has 38 heavy (non-hydrogen) atoms. The van der Waals surface area contributed by atoms with E-state index in [1.165, 1.54) is 18.2 Å². The summed E-state index contributed by atoms with van der Waals surface area (Å²) < 4.78 is 77.3. The Kier molecular flexibility index (Phi) is 10.6. The van der Waals surface area contributed by atoms with E-state index in [-0.39, 0.29) is 49.3 Å². The molecule has 11 heteroatoms. The van der Waals surface area contributed by atoms with Gasteiger partial charge in [0.15, 0.2) is 0 Å². The second kappa shape index (κ2) is 12.8. The van der Waals surface area contributed by atoms with Crippen molar-refractivity contribution >= 4 is 11.0 Å². The summed E-state index contributed by atoms with van der Waals surface area (Å²) in [4.78, 5) is 8.99. The van der Waals surface area contributed by atoms with Gasteiger partial charge in [0.05, 0.1) is 34.5 Å². The van der Waals surface area contributed by atoms with Gasteiger partial charge in [-0.1, -0.05) is 24.3 Å². The molecule has 1 heterocycles. The third-order valence-electron chi connectivity index (χ3n) is 5.13. The third kappa shape index (κ3) is 8.33. The summed E-state index contributed by atoms with van der Waals surface area (Å²) in [6.07, 6.45) is -9.28. The monoisotopic (exact) mass is 714 g/mol. The first-order chi connectivity index (χ1) is 17.3. The molecule has 2 unspecified atom stereocenters. The molecule has 3 aromatic carbocycles. The van der Waals surface area contributed by atoms with Gasteiger partial charge in [0, 0.05) is 25.8 Å². The number of aliphatic hydroxyl groups is 2. The fraction of sp³-hybridized carbons (Fsp3) is 0.259. The fourth-order valence-electron chi connectivity index (χ4n) is 3.45. The number of rotatable bonds is 4. The van der Waals surface area contributed by atoms with Crippen molar-refractivity contribution in [2.75, 3.05) is 0 Å². The van der Waals surface area contributed by atoms with Crippen molar-refractivity contribution in [1.29, 1.82) is 0 Å². The average Bonchev–Trinajstić information content (AvgIpc) is 2.82. The Labute approximate surface area is 228 Å². The Bertz CT molecular complexity index is 1220. The van der Waals surface area contributed by atoms with Crippen LogP contribution in [0.25, 0.3) is 33.5 Å². The first-order valence-corrected chi connectivity index (χ1v) is 11.2. The number of hydrogen-bond donors (Lipinski definition) is 2. The molecule has 0 fully saturated rings. The maximum atomic E-state index is 12.9. The minimum Gasteiger partial charge on any atom is -0.393 e. The van der Waals surface area contributed by atoms with Gasteiger partial charge in [-0.2, -0.15) is 26.3 Å². The van der Waals surface area contributed by atoms with Crippen molar-refractivity contribution in [3.63, 3.8) is 0 Å². The topological polar surface area (TPSA) is 66.2 Å². The van der Waals surface area contributed by atoms with E-state index in [1.807, 2.05) is 0 Å². The summed E-state index contributed by atoms with van der Waals surface area (Å²) in [5.74, 6) is 0. The van der Waals surface area contributed by atoms with Crippen molar-refractivity contribution in [2.24, 2.45) is 0 Å². The zero-order chi connectivity index (χ0) is 27.4. The van der Waals surface area contributed by atoms with Gasteiger partial charge < -0.3 is 10.2 Å². The van der Waals surface area contributed by atoms with Crippen LogP contribution in [-0.2, 0) is 32.5 Å². The Morgan fingerprint density at radius 2 is 1.18 bits per heavy atom. The number of alkyl halides is 6. The molecule has 2 N–H and O–H groups in total. The largest absolute Gasteiger partial charge is 0.416 e. The molecule has 0 aliphatic rings. The molecule has 0 spiro atoms. The van der Waals surface area contributed by atoms with Crippen LogP contribution >= 0.6 is 0 Å². The minimum absolute atomic E-state index is 0. The predicted molar refractivity (Wildman–Crippen MR) is 127 cm³/mol. The smallest absolute Gasteiger partial charge is 0.393 e. The Morgan fingerprint density at radius 1 is 0.711 bits per heavy atom. The van der Waals surface area contributed by atoms with Gasteiger partial charge >= 0.3 is 12.4 Å². The number of para-hydroxylation sites is 2. The summed E-state index contributed by atoms with van der Waals surface area (Å²) >= 11 is 0. The number of nitrogens with zero attached hydrogens (tertiary/aromatic N) is 2. The molecular formula is C27H23F6IrN2O2-. The first kappa shape index (κ1) is 31.4. The van der Waals surface area contributed by atoms with E-state index in [4.69, 9.17) is 10.2 Å². The summed E-state index contributed by atoms with van der Waals surface area (Å²) in [6.45, 7) is 3.32. The SMILES string of the molecule is CC(O)CC(C)O.FC(F)(F)c1c[c-]c(-c2nc3ccccc3nc2-c2ccc(C(F)(F)F)cc2)cc1.[Ir]. The molecule has 0 amide bonds. The zero-order valence-electron chi connectivity index (χ0n) is 20.1. The molecule has 4 nitrogen and oxygen atoms in total. The van der Waals surface area contributed by atoms with Gasteiger partial charge in [-0.25, -0.2) is 0 Å². The molecule has 2 atom stereocenters. The van der Waals surface area contributed by atoms with Gasteiger partial charge in [0.25, 0.3) is 0 Å². The molecular weight excluding hydrogens is 691 g/mol. The van der Waals surface area contributed by atoms with E-state index >= 15 is 0 Å². The van der Waals surface area contributed by atoms with Crippen LogP contribution in [0.5, 0.6) is 0 Å². The molecule has 205 valence electrons. The maximum absolute atomic E-state index is 12.9. The maximum Gasteiger partial charge on any atom is 0.416 e. The Hall–Kier alpha value is -2.85. The van der Waals surface area contributed by atoms with E-state index in [1.54, 1.807) is 38.1 Å². The van der Waals surface area contributed by atoms with Gasteiger partial charge in [-0.15, -0.1) is 29.8 Å². The Balaban J connectivity index is 0.000000561. The van der Waals surface area contributed by atoms with Gasteiger partial charge in [-0.05, 0) is 55.7 Å². The van der Waals surface area contributed by atoms with Gasteiger partial charge in [0.2, 0.25) is 0 Å². The van der Waals surface area contributed by atoms with Crippen LogP contribution in [0.3, 0.4) is 0 Å². The van der Waals surface area contributed by atoms with E-state index in [0.717, 1.165) is 24.3 Å². The number of halogens is 6. The van der Waals surface area contributed by atoms with Crippen molar-refractivity contribution in [3.05, 3.63) is 83.9 Å². The number of fused-ring (bicyclic) bond motifs is 1. The number of aromatic nitrogens is 2. The van der Waals surface area contributed by atoms with E-state index < -0.39 is 23.5 Å². The molecule has 0 saturated heterocycles. The molecule has 0 bridgehead atoms. The predicted octanol–water partition coefficient (Wildman–Crippen LogP) is 6.94. The first-order valence-electron chi connectivity index (χ1n) is 11.2. The normalized spacial score (nSPS) is 13.2. The van der Waals surface area contributed by atoms with Crippen LogP contribution in [0.1, 0.15) is 31.4 Å². The molecule has 0 saturated carbocycles. The van der Waals surface area contributed by atoms with Crippen molar-refractivity contribution in [1.82, 2.24) is 9.97 Å². The van der Waals surface area contributed by atoms with Gasteiger partial charge in [-0.3, -0.25) is 9.97 Å². The van der Waals surface area contributed by atoms with Crippen LogP contribution in [-0.4, -0.2) is 32.4 Å². The van der Waals surface area contributed by atoms with Crippen LogP contribution < -0.4 is 0 Å². The van der Waals surface area contributed by atoms with Gasteiger partial charge in [0.1, 0.15) is 0 Å². The average molecular weight is 714 g/mol. The van der Waals surface area contributed by atoms with Crippen LogP contribution in [0.15, 0.2) is 66.7 Å². The van der Waals surface area contributed by atoms with Crippen molar-refractivity contribution < 1.29 is 56.7 Å².